The molecule has 96 valence electrons. The maximum absolute atomic E-state index is 11.9. The third-order valence-electron chi connectivity index (χ3n) is 2.68. The van der Waals surface area contributed by atoms with Crippen molar-refractivity contribution in [3.05, 3.63) is 11.4 Å². The molecule has 0 radical (unpaired) electrons. The Morgan fingerprint density at radius 1 is 1.59 bits per heavy atom. The van der Waals surface area contributed by atoms with Crippen LogP contribution in [0.15, 0.2) is 15.7 Å². The van der Waals surface area contributed by atoms with E-state index in [1.165, 1.54) is 6.07 Å². The first kappa shape index (κ1) is 12.8. The van der Waals surface area contributed by atoms with Gasteiger partial charge in [0.1, 0.15) is 4.21 Å². The van der Waals surface area contributed by atoms with Crippen molar-refractivity contribution in [1.29, 1.82) is 0 Å². The molecule has 7 heteroatoms. The summed E-state index contributed by atoms with van der Waals surface area (Å²) in [5, 5.41) is 1.62. The molecule has 1 atom stereocenters. The molecule has 0 saturated carbocycles. The molecule has 5 nitrogen and oxygen atoms in total. The van der Waals surface area contributed by atoms with E-state index in [9.17, 15) is 8.42 Å². The molecule has 1 unspecified atom stereocenters. The standard InChI is InChI=1S/C10H16N2O3S2/c11-9-4-10(16-7-9)17(13,14)12-5-8-2-1-3-15-6-8/h4,7-8,12H,1-3,5-6,11H2. The van der Waals surface area contributed by atoms with Gasteiger partial charge in [-0.15, -0.1) is 11.3 Å². The fourth-order valence-corrected chi connectivity index (χ4v) is 3.98. The van der Waals surface area contributed by atoms with Crippen molar-refractivity contribution in [1.82, 2.24) is 4.72 Å². The minimum Gasteiger partial charge on any atom is -0.398 e. The molecule has 0 spiro atoms. The number of hydrogen-bond donors (Lipinski definition) is 2. The summed E-state index contributed by atoms with van der Waals surface area (Å²) in [6.45, 7) is 1.85. The second-order valence-corrected chi connectivity index (χ2v) is 7.04. The second-order valence-electron chi connectivity index (χ2n) is 4.13. The van der Waals surface area contributed by atoms with Gasteiger partial charge in [0.15, 0.2) is 0 Å². The van der Waals surface area contributed by atoms with Crippen molar-refractivity contribution in [3.8, 4) is 0 Å². The highest BCUT2D eigenvalue weighted by Gasteiger charge is 2.20. The van der Waals surface area contributed by atoms with Crippen LogP contribution >= 0.6 is 11.3 Å². The lowest BCUT2D eigenvalue weighted by Gasteiger charge is -2.21. The van der Waals surface area contributed by atoms with Crippen LogP contribution < -0.4 is 10.5 Å². The number of nitrogens with one attached hydrogen (secondary N) is 1. The molecule has 17 heavy (non-hydrogen) atoms. The molecule has 1 aromatic rings. The summed E-state index contributed by atoms with van der Waals surface area (Å²) >= 11 is 1.14. The Labute approximate surface area is 105 Å². The molecule has 1 saturated heterocycles. The second kappa shape index (κ2) is 5.34. The fourth-order valence-electron chi connectivity index (χ4n) is 1.74. The lowest BCUT2D eigenvalue weighted by atomic mass is 10.0. The summed E-state index contributed by atoms with van der Waals surface area (Å²) < 4.78 is 32.0. The number of anilines is 1. The predicted molar refractivity (Wildman–Crippen MR) is 67.5 cm³/mol. The summed E-state index contributed by atoms with van der Waals surface area (Å²) in [5.41, 5.74) is 6.00. The zero-order valence-electron chi connectivity index (χ0n) is 9.39. The van der Waals surface area contributed by atoms with E-state index in [-0.39, 0.29) is 10.1 Å². The van der Waals surface area contributed by atoms with Crippen molar-refractivity contribution in [2.45, 2.75) is 17.1 Å². The van der Waals surface area contributed by atoms with Crippen LogP contribution in [0.4, 0.5) is 5.69 Å². The van der Waals surface area contributed by atoms with E-state index < -0.39 is 10.0 Å². The minimum absolute atomic E-state index is 0.270. The zero-order chi connectivity index (χ0) is 12.3. The maximum Gasteiger partial charge on any atom is 0.250 e. The number of ether oxygens (including phenoxy) is 1. The topological polar surface area (TPSA) is 81.4 Å². The van der Waals surface area contributed by atoms with Gasteiger partial charge in [0, 0.05) is 24.2 Å². The summed E-state index contributed by atoms with van der Waals surface area (Å²) in [5.74, 6) is 0.274. The molecule has 2 rings (SSSR count). The molecule has 1 aliphatic heterocycles. The molecule has 0 bridgehead atoms. The van der Waals surface area contributed by atoms with E-state index in [1.807, 2.05) is 0 Å². The molecule has 1 aliphatic rings. The number of nitrogens with two attached hydrogens (primary N) is 1. The molecule has 0 amide bonds. The minimum atomic E-state index is -3.41. The van der Waals surface area contributed by atoms with Gasteiger partial charge < -0.3 is 10.5 Å². The van der Waals surface area contributed by atoms with Gasteiger partial charge in [-0.3, -0.25) is 0 Å². The zero-order valence-corrected chi connectivity index (χ0v) is 11.0. The number of hydrogen-bond acceptors (Lipinski definition) is 5. The van der Waals surface area contributed by atoms with Crippen LogP contribution in [0.25, 0.3) is 0 Å². The Morgan fingerprint density at radius 3 is 3.00 bits per heavy atom. The first-order chi connectivity index (χ1) is 8.08. The van der Waals surface area contributed by atoms with Crippen LogP contribution in [-0.4, -0.2) is 28.2 Å². The first-order valence-corrected chi connectivity index (χ1v) is 7.85. The van der Waals surface area contributed by atoms with Gasteiger partial charge in [-0.25, -0.2) is 13.1 Å². The molecule has 1 aromatic heterocycles. The SMILES string of the molecule is Nc1csc(S(=O)(=O)NCC2CCCOC2)c1. The number of thiophene rings is 1. The Bertz CT molecular complexity index is 464. The Morgan fingerprint density at radius 2 is 2.41 bits per heavy atom. The van der Waals surface area contributed by atoms with Gasteiger partial charge in [0.25, 0.3) is 0 Å². The third-order valence-corrected chi connectivity index (χ3v) is 5.56. The number of nitrogen functional groups attached to an aromatic ring is 1. The third kappa shape index (κ3) is 3.41. The smallest absolute Gasteiger partial charge is 0.250 e. The van der Waals surface area contributed by atoms with Crippen LogP contribution in [0.2, 0.25) is 0 Å². The normalized spacial score (nSPS) is 21.5. The van der Waals surface area contributed by atoms with E-state index in [1.54, 1.807) is 5.38 Å². The Kier molecular flexibility index (Phi) is 4.03. The molecule has 2 heterocycles. The van der Waals surface area contributed by atoms with Gasteiger partial charge in [0.2, 0.25) is 10.0 Å². The van der Waals surface area contributed by atoms with E-state index in [0.717, 1.165) is 30.8 Å². The number of sulfonamides is 1. The maximum atomic E-state index is 11.9. The van der Waals surface area contributed by atoms with Gasteiger partial charge in [-0.1, -0.05) is 0 Å². The average molecular weight is 276 g/mol. The summed E-state index contributed by atoms with van der Waals surface area (Å²) in [7, 11) is -3.41. The molecule has 0 aromatic carbocycles. The molecule has 3 N–H and O–H groups in total. The van der Waals surface area contributed by atoms with Crippen molar-refractivity contribution >= 4 is 27.0 Å². The van der Waals surface area contributed by atoms with Gasteiger partial charge in [-0.2, -0.15) is 0 Å². The predicted octanol–water partition coefficient (Wildman–Crippen LogP) is 1.04. The molecule has 1 fully saturated rings. The highest BCUT2D eigenvalue weighted by atomic mass is 32.2. The van der Waals surface area contributed by atoms with Crippen molar-refractivity contribution in [3.63, 3.8) is 0 Å². The highest BCUT2D eigenvalue weighted by molar-refractivity contribution is 7.91. The summed E-state index contributed by atoms with van der Waals surface area (Å²) in [6, 6.07) is 1.48. The summed E-state index contributed by atoms with van der Waals surface area (Å²) in [6.07, 6.45) is 2.01. The van der Waals surface area contributed by atoms with Crippen molar-refractivity contribution in [2.24, 2.45) is 5.92 Å². The van der Waals surface area contributed by atoms with E-state index in [4.69, 9.17) is 10.5 Å². The molecule has 0 aliphatic carbocycles. The Balaban J connectivity index is 1.93. The quantitative estimate of drug-likeness (QED) is 0.861. The van der Waals surface area contributed by atoms with Crippen LogP contribution in [0, 0.1) is 5.92 Å². The van der Waals surface area contributed by atoms with Crippen LogP contribution in [-0.2, 0) is 14.8 Å². The fraction of sp³-hybridized carbons (Fsp3) is 0.600. The van der Waals surface area contributed by atoms with E-state index in [2.05, 4.69) is 4.72 Å². The van der Waals surface area contributed by atoms with E-state index in [0.29, 0.717) is 18.8 Å². The highest BCUT2D eigenvalue weighted by Crippen LogP contribution is 2.22. The average Bonchev–Trinajstić information content (AvgIpc) is 2.76. The molecular weight excluding hydrogens is 260 g/mol. The summed E-state index contributed by atoms with van der Waals surface area (Å²) in [4.78, 5) is 0. The van der Waals surface area contributed by atoms with Crippen LogP contribution in [0.1, 0.15) is 12.8 Å². The van der Waals surface area contributed by atoms with Crippen molar-refractivity contribution in [2.75, 3.05) is 25.5 Å². The monoisotopic (exact) mass is 276 g/mol. The van der Waals surface area contributed by atoms with Crippen LogP contribution in [0.3, 0.4) is 0 Å². The van der Waals surface area contributed by atoms with Crippen LogP contribution in [0.5, 0.6) is 0 Å². The lowest BCUT2D eigenvalue weighted by Crippen LogP contribution is -2.32. The van der Waals surface area contributed by atoms with Gasteiger partial charge >= 0.3 is 0 Å². The van der Waals surface area contributed by atoms with Gasteiger partial charge in [0.05, 0.1) is 6.61 Å². The molecular formula is C10H16N2O3S2. The van der Waals surface area contributed by atoms with Gasteiger partial charge in [-0.05, 0) is 24.8 Å². The number of rotatable bonds is 4. The lowest BCUT2D eigenvalue weighted by molar-refractivity contribution is 0.0568. The largest absolute Gasteiger partial charge is 0.398 e. The van der Waals surface area contributed by atoms with E-state index >= 15 is 0 Å². The Hall–Kier alpha value is -0.630. The van der Waals surface area contributed by atoms with Crippen molar-refractivity contribution < 1.29 is 13.2 Å². The first-order valence-electron chi connectivity index (χ1n) is 5.49.